The van der Waals surface area contributed by atoms with Gasteiger partial charge in [-0.2, -0.15) is 0 Å². The van der Waals surface area contributed by atoms with Gasteiger partial charge in [-0.1, -0.05) is 6.42 Å². The van der Waals surface area contributed by atoms with Gasteiger partial charge in [0.15, 0.2) is 0 Å². The lowest BCUT2D eigenvalue weighted by Crippen LogP contribution is -2.35. The molecule has 132 valence electrons. The van der Waals surface area contributed by atoms with Crippen LogP contribution >= 0.6 is 11.3 Å². The molecule has 2 aliphatic rings. The summed E-state index contributed by atoms with van der Waals surface area (Å²) in [6.45, 7) is 4.83. The minimum atomic E-state index is 0.00583. The Morgan fingerprint density at radius 3 is 3.20 bits per heavy atom. The van der Waals surface area contributed by atoms with Crippen molar-refractivity contribution in [1.29, 1.82) is 0 Å². The number of hydrogen-bond acceptors (Lipinski definition) is 6. The second-order valence-electron chi connectivity index (χ2n) is 7.08. The molecule has 0 aromatic carbocycles. The summed E-state index contributed by atoms with van der Waals surface area (Å²) in [7, 11) is 0. The molecule has 2 aromatic heterocycles. The first-order valence-electron chi connectivity index (χ1n) is 8.70. The first-order valence-corrected chi connectivity index (χ1v) is 9.58. The molecule has 4 rings (SSSR count). The standard InChI is InChI=1S/C18H22N4O2S/c1-13-21-15(9-25-13)8-24-11-18-5-2-3-14(18)7-22(10-18)17(23)16-4-6-19-12-20-16/h4,6,9,12,14H,2-3,5,7-8,10-11H2,1H3/t14-,18+/m0/s1. The summed E-state index contributed by atoms with van der Waals surface area (Å²) in [6, 6.07) is 1.68. The lowest BCUT2D eigenvalue weighted by Gasteiger charge is -2.28. The molecule has 0 unspecified atom stereocenters. The highest BCUT2D eigenvalue weighted by Crippen LogP contribution is 2.49. The molecule has 1 amide bonds. The molecule has 1 aliphatic carbocycles. The lowest BCUT2D eigenvalue weighted by atomic mass is 9.81. The summed E-state index contributed by atoms with van der Waals surface area (Å²) in [5.74, 6) is 0.529. The van der Waals surface area contributed by atoms with E-state index in [-0.39, 0.29) is 11.3 Å². The van der Waals surface area contributed by atoms with Crippen LogP contribution in [0.5, 0.6) is 0 Å². The lowest BCUT2D eigenvalue weighted by molar-refractivity contribution is 0.0253. The van der Waals surface area contributed by atoms with E-state index < -0.39 is 0 Å². The normalized spacial score (nSPS) is 25.3. The van der Waals surface area contributed by atoms with E-state index in [1.54, 1.807) is 23.6 Å². The second-order valence-corrected chi connectivity index (χ2v) is 8.14. The number of aromatic nitrogens is 3. The van der Waals surface area contributed by atoms with Crippen molar-refractivity contribution in [2.45, 2.75) is 32.8 Å². The van der Waals surface area contributed by atoms with Crippen molar-refractivity contribution in [3.05, 3.63) is 40.4 Å². The van der Waals surface area contributed by atoms with Gasteiger partial charge in [-0.05, 0) is 31.7 Å². The molecule has 1 saturated heterocycles. The predicted octanol–water partition coefficient (Wildman–Crippen LogP) is 2.70. The van der Waals surface area contributed by atoms with E-state index in [9.17, 15) is 4.79 Å². The molecule has 1 saturated carbocycles. The third kappa shape index (κ3) is 3.30. The third-order valence-electron chi connectivity index (χ3n) is 5.43. The summed E-state index contributed by atoms with van der Waals surface area (Å²) in [6.07, 6.45) is 6.57. The molecule has 2 fully saturated rings. The van der Waals surface area contributed by atoms with Crippen LogP contribution in [-0.4, -0.2) is 45.5 Å². The Morgan fingerprint density at radius 2 is 2.44 bits per heavy atom. The molecule has 2 aromatic rings. The first kappa shape index (κ1) is 16.6. The van der Waals surface area contributed by atoms with E-state index in [2.05, 4.69) is 20.3 Å². The van der Waals surface area contributed by atoms with Crippen LogP contribution in [0.4, 0.5) is 0 Å². The van der Waals surface area contributed by atoms with Crippen LogP contribution in [0, 0.1) is 18.3 Å². The van der Waals surface area contributed by atoms with Crippen LogP contribution in [0.25, 0.3) is 0 Å². The van der Waals surface area contributed by atoms with Gasteiger partial charge in [0.1, 0.15) is 12.0 Å². The van der Waals surface area contributed by atoms with E-state index >= 15 is 0 Å². The molecular weight excluding hydrogens is 336 g/mol. The van der Waals surface area contributed by atoms with Crippen molar-refractivity contribution >= 4 is 17.2 Å². The highest BCUT2D eigenvalue weighted by molar-refractivity contribution is 7.09. The largest absolute Gasteiger partial charge is 0.374 e. The minimum Gasteiger partial charge on any atom is -0.374 e. The maximum atomic E-state index is 12.7. The van der Waals surface area contributed by atoms with Crippen LogP contribution < -0.4 is 0 Å². The minimum absolute atomic E-state index is 0.00583. The molecule has 2 atom stereocenters. The molecule has 25 heavy (non-hydrogen) atoms. The molecule has 7 heteroatoms. The highest BCUT2D eigenvalue weighted by Gasteiger charge is 2.50. The van der Waals surface area contributed by atoms with Gasteiger partial charge >= 0.3 is 0 Å². The SMILES string of the molecule is Cc1nc(COC[C@]23CCC[C@H]2CN(C(=O)c2ccncn2)C3)cs1. The summed E-state index contributed by atoms with van der Waals surface area (Å²) in [4.78, 5) is 27.1. The van der Waals surface area contributed by atoms with Crippen molar-refractivity contribution < 1.29 is 9.53 Å². The molecule has 0 spiro atoms. The van der Waals surface area contributed by atoms with Gasteiger partial charge in [0, 0.05) is 30.1 Å². The number of hydrogen-bond donors (Lipinski definition) is 0. The number of thiazole rings is 1. The van der Waals surface area contributed by atoms with E-state index in [1.807, 2.05) is 11.8 Å². The summed E-state index contributed by atoms with van der Waals surface area (Å²) in [5.41, 5.74) is 1.57. The van der Waals surface area contributed by atoms with Gasteiger partial charge in [0.2, 0.25) is 0 Å². The molecule has 0 bridgehead atoms. The van der Waals surface area contributed by atoms with Gasteiger partial charge in [-0.3, -0.25) is 4.79 Å². The molecule has 1 aliphatic heterocycles. The van der Waals surface area contributed by atoms with E-state index in [0.717, 1.165) is 30.2 Å². The zero-order chi connectivity index (χ0) is 17.3. The Kier molecular flexibility index (Phi) is 4.52. The summed E-state index contributed by atoms with van der Waals surface area (Å²) in [5, 5.41) is 3.12. The quantitative estimate of drug-likeness (QED) is 0.822. The van der Waals surface area contributed by atoms with Crippen molar-refractivity contribution in [1.82, 2.24) is 19.9 Å². The maximum absolute atomic E-state index is 12.7. The number of aryl methyl sites for hydroxylation is 1. The number of carbonyl (C=O) groups is 1. The Hall–Kier alpha value is -1.86. The van der Waals surface area contributed by atoms with E-state index in [0.29, 0.717) is 24.8 Å². The topological polar surface area (TPSA) is 68.2 Å². The van der Waals surface area contributed by atoms with Crippen LogP contribution in [0.1, 0.15) is 40.5 Å². The fourth-order valence-corrected chi connectivity index (χ4v) is 4.81. The number of amides is 1. The van der Waals surface area contributed by atoms with Gasteiger partial charge in [-0.25, -0.2) is 15.0 Å². The fourth-order valence-electron chi connectivity index (χ4n) is 4.22. The Labute approximate surface area is 151 Å². The van der Waals surface area contributed by atoms with Crippen LogP contribution in [0.3, 0.4) is 0 Å². The van der Waals surface area contributed by atoms with Gasteiger partial charge in [0.25, 0.3) is 5.91 Å². The Morgan fingerprint density at radius 1 is 1.52 bits per heavy atom. The number of rotatable bonds is 5. The molecule has 0 radical (unpaired) electrons. The van der Waals surface area contributed by atoms with Crippen molar-refractivity contribution in [3.8, 4) is 0 Å². The molecule has 0 N–H and O–H groups in total. The number of ether oxygens (including phenoxy) is 1. The molecular formula is C18H22N4O2S. The summed E-state index contributed by atoms with van der Waals surface area (Å²) >= 11 is 1.65. The average Bonchev–Trinajstić information content (AvgIpc) is 3.29. The molecule has 3 heterocycles. The summed E-state index contributed by atoms with van der Waals surface area (Å²) < 4.78 is 6.04. The smallest absolute Gasteiger partial charge is 0.272 e. The Bertz CT molecular complexity index is 751. The van der Waals surface area contributed by atoms with E-state index in [1.165, 1.54) is 19.2 Å². The second kappa shape index (κ2) is 6.80. The third-order valence-corrected chi connectivity index (χ3v) is 6.26. The Balaban J connectivity index is 1.41. The van der Waals surface area contributed by atoms with Crippen molar-refractivity contribution in [2.24, 2.45) is 11.3 Å². The highest BCUT2D eigenvalue weighted by atomic mass is 32.1. The monoisotopic (exact) mass is 358 g/mol. The average molecular weight is 358 g/mol. The predicted molar refractivity (Wildman–Crippen MR) is 94.2 cm³/mol. The number of likely N-dealkylation sites (tertiary alicyclic amines) is 1. The van der Waals surface area contributed by atoms with Crippen molar-refractivity contribution in [3.63, 3.8) is 0 Å². The van der Waals surface area contributed by atoms with Gasteiger partial charge in [0.05, 0.1) is 23.9 Å². The number of fused-ring (bicyclic) bond motifs is 1. The van der Waals surface area contributed by atoms with Crippen LogP contribution in [0.15, 0.2) is 24.0 Å². The zero-order valence-corrected chi connectivity index (χ0v) is 15.2. The van der Waals surface area contributed by atoms with Gasteiger partial charge in [-0.15, -0.1) is 11.3 Å². The van der Waals surface area contributed by atoms with Crippen LogP contribution in [-0.2, 0) is 11.3 Å². The van der Waals surface area contributed by atoms with Gasteiger partial charge < -0.3 is 9.64 Å². The fraction of sp³-hybridized carbons (Fsp3) is 0.556. The van der Waals surface area contributed by atoms with Crippen LogP contribution in [0.2, 0.25) is 0 Å². The number of carbonyl (C=O) groups excluding carboxylic acids is 1. The first-order chi connectivity index (χ1) is 12.2. The molecule has 6 nitrogen and oxygen atoms in total. The van der Waals surface area contributed by atoms with Crippen molar-refractivity contribution in [2.75, 3.05) is 19.7 Å². The number of nitrogens with zero attached hydrogens (tertiary/aromatic N) is 4. The maximum Gasteiger partial charge on any atom is 0.272 e. The van der Waals surface area contributed by atoms with E-state index in [4.69, 9.17) is 4.74 Å². The zero-order valence-electron chi connectivity index (χ0n) is 14.4.